The van der Waals surface area contributed by atoms with Crippen molar-refractivity contribution in [3.05, 3.63) is 41.4 Å². The average molecular weight is 879 g/mol. The lowest BCUT2D eigenvalue weighted by atomic mass is 9.73. The molecule has 3 saturated heterocycles. The molecule has 0 aromatic carbocycles. The van der Waals surface area contributed by atoms with Gasteiger partial charge in [0.05, 0.1) is 59.0 Å². The van der Waals surface area contributed by atoms with Crippen LogP contribution in [0.4, 0.5) is 0 Å². The molecule has 0 saturated carbocycles. The molecule has 6 heterocycles. The molecule has 1 unspecified atom stereocenters. The monoisotopic (exact) mass is 878 g/mol. The third-order valence-corrected chi connectivity index (χ3v) is 13.7. The molecular weight excluding hydrogens is 817 g/mol. The fraction of sp³-hybridized carbons (Fsp3) is 0.652. The minimum absolute atomic E-state index is 0.0375. The average Bonchev–Trinajstić information content (AvgIpc) is 3.70. The lowest BCUT2D eigenvalue weighted by Gasteiger charge is -2.47. The van der Waals surface area contributed by atoms with Crippen molar-refractivity contribution in [1.82, 2.24) is 9.88 Å². The van der Waals surface area contributed by atoms with Gasteiger partial charge in [-0.15, -0.1) is 11.3 Å². The Morgan fingerprint density at radius 2 is 1.79 bits per heavy atom. The Morgan fingerprint density at radius 3 is 2.48 bits per heavy atom. The number of ketones is 1. The number of Topliss-reactive ketones (excluding diaryl/α,β-unsaturated/α-hetero) is 1. The molecule has 6 rings (SSSR count). The number of hydrogen-bond donors (Lipinski definition) is 2. The summed E-state index contributed by atoms with van der Waals surface area (Å²) in [4.78, 5) is 61.5. The zero-order chi connectivity index (χ0) is 45.1. The molecule has 4 aliphatic heterocycles. The fourth-order valence-corrected chi connectivity index (χ4v) is 10.1. The summed E-state index contributed by atoms with van der Waals surface area (Å²) < 4.78 is 32.4. The van der Waals surface area contributed by atoms with Crippen LogP contribution in [0.15, 0.2) is 46.7 Å². The summed E-state index contributed by atoms with van der Waals surface area (Å²) >= 11 is 1.48. The topological polar surface area (TPSA) is 188 Å². The molecule has 338 valence electrons. The van der Waals surface area contributed by atoms with Crippen molar-refractivity contribution < 1.29 is 53.1 Å². The molecule has 3 fully saturated rings. The second-order valence-corrected chi connectivity index (χ2v) is 18.9. The van der Waals surface area contributed by atoms with Gasteiger partial charge in [-0.25, -0.2) is 4.99 Å². The van der Waals surface area contributed by atoms with Gasteiger partial charge in [0.25, 0.3) is 5.91 Å². The molecule has 4 aliphatic rings. The number of aliphatic imine (C=N–C) groups is 1. The highest BCUT2D eigenvalue weighted by molar-refractivity contribution is 7.16. The summed E-state index contributed by atoms with van der Waals surface area (Å²) in [5, 5.41) is 28.5. The van der Waals surface area contributed by atoms with E-state index in [0.29, 0.717) is 12.1 Å². The highest BCUT2D eigenvalue weighted by Crippen LogP contribution is 2.40. The number of fused-ring (bicyclic) bond motifs is 4. The van der Waals surface area contributed by atoms with Crippen molar-refractivity contribution in [3.63, 3.8) is 0 Å². The fourth-order valence-electron chi connectivity index (χ4n) is 9.21. The van der Waals surface area contributed by atoms with Gasteiger partial charge < -0.3 is 43.6 Å². The van der Waals surface area contributed by atoms with Crippen LogP contribution in [-0.4, -0.2) is 137 Å². The first-order valence-corrected chi connectivity index (χ1v) is 22.4. The Bertz CT molecular complexity index is 2040. The van der Waals surface area contributed by atoms with Crippen LogP contribution in [0.2, 0.25) is 0 Å². The van der Waals surface area contributed by atoms with Crippen molar-refractivity contribution in [3.8, 4) is 22.4 Å². The van der Waals surface area contributed by atoms with Gasteiger partial charge in [-0.2, -0.15) is 0 Å². The zero-order valence-electron chi connectivity index (χ0n) is 37.4. The highest BCUT2D eigenvalue weighted by Gasteiger charge is 2.53. The van der Waals surface area contributed by atoms with Gasteiger partial charge in [-0.1, -0.05) is 50.8 Å². The van der Waals surface area contributed by atoms with Crippen LogP contribution in [0.25, 0.3) is 10.6 Å². The van der Waals surface area contributed by atoms with Crippen molar-refractivity contribution in [2.75, 3.05) is 27.3 Å². The summed E-state index contributed by atoms with van der Waals surface area (Å²) in [6.45, 7) is 13.4. The predicted octanol–water partition coefficient (Wildman–Crippen LogP) is 4.85. The number of nitrogens with zero attached hydrogens (tertiary/aromatic N) is 4. The molecule has 2 N–H and O–H groups in total. The number of rotatable bonds is 6. The normalized spacial score (nSPS) is 38.3. The number of amides is 1. The maximum atomic E-state index is 14.5. The molecule has 0 radical (unpaired) electrons. The summed E-state index contributed by atoms with van der Waals surface area (Å²) in [7, 11) is 3.74. The van der Waals surface area contributed by atoms with Crippen molar-refractivity contribution in [2.24, 2.45) is 33.8 Å². The second kappa shape index (κ2) is 19.9. The van der Waals surface area contributed by atoms with Gasteiger partial charge >= 0.3 is 5.97 Å². The van der Waals surface area contributed by atoms with E-state index < -0.39 is 89.3 Å². The van der Waals surface area contributed by atoms with Crippen LogP contribution in [0.1, 0.15) is 86.0 Å². The Kier molecular flexibility index (Phi) is 15.2. The standard InChI is InChI=1S/C46H62N4O11S/c1-11-36-46(8,55)41-27(4)37-25(2)22-45(7,40(28(5)38(51)29(6)43(54)59-36)60-44-39(52)33(50(9)10)21-26(3)58-44)57-24-30(23-56-41)49-61-34(42(53)48-37)17-14-15-31-18-19-35(62-31)32-16-12-13-20-47-32/h12-13,16,18-20,25-29,33-34,36,39-41,44,52,55H,11,17,21-24H2,1-10H3/b48-37?,49-30+/t25-,26-,27-,28+,29-,33+,34?,36-,39-,40-,41+,44+,45-,46-/m1/s1. The van der Waals surface area contributed by atoms with Crippen molar-refractivity contribution in [2.45, 2.75) is 141 Å². The Morgan fingerprint density at radius 1 is 1.03 bits per heavy atom. The number of carbonyl (C=O) groups is 3. The highest BCUT2D eigenvalue weighted by atomic mass is 32.1. The molecule has 2 aromatic heterocycles. The molecule has 62 heavy (non-hydrogen) atoms. The summed E-state index contributed by atoms with van der Waals surface area (Å²) in [5.41, 5.74) is -1.80. The molecule has 16 heteroatoms. The quantitative estimate of drug-likeness (QED) is 0.228. The molecule has 15 nitrogen and oxygen atoms in total. The Hall–Kier alpha value is -3.92. The van der Waals surface area contributed by atoms with Crippen LogP contribution >= 0.6 is 11.3 Å². The molecule has 0 spiro atoms. The lowest BCUT2D eigenvalue weighted by Crippen LogP contribution is -2.60. The first-order valence-electron chi connectivity index (χ1n) is 21.6. The lowest BCUT2D eigenvalue weighted by molar-refractivity contribution is -0.296. The predicted molar refractivity (Wildman–Crippen MR) is 232 cm³/mol. The molecule has 14 atom stereocenters. The van der Waals surface area contributed by atoms with Crippen LogP contribution in [0.3, 0.4) is 0 Å². The Balaban J connectivity index is 1.45. The first kappa shape index (κ1) is 47.6. The number of aliphatic hydroxyl groups excluding tert-OH is 1. The third-order valence-electron chi connectivity index (χ3n) is 12.7. The van der Waals surface area contributed by atoms with Gasteiger partial charge in [0.1, 0.15) is 29.4 Å². The van der Waals surface area contributed by atoms with Gasteiger partial charge in [0.2, 0.25) is 6.10 Å². The first-order chi connectivity index (χ1) is 29.3. The van der Waals surface area contributed by atoms with Crippen LogP contribution < -0.4 is 0 Å². The summed E-state index contributed by atoms with van der Waals surface area (Å²) in [6, 6.07) is 9.23. The van der Waals surface area contributed by atoms with Gasteiger partial charge in [-0.05, 0) is 91.2 Å². The van der Waals surface area contributed by atoms with Crippen LogP contribution in [0.5, 0.6) is 0 Å². The number of ether oxygens (including phenoxy) is 5. The number of hydrogen-bond acceptors (Lipinski definition) is 15. The van der Waals surface area contributed by atoms with E-state index in [2.05, 4.69) is 22.0 Å². The largest absolute Gasteiger partial charge is 0.459 e. The molecule has 4 bridgehead atoms. The van der Waals surface area contributed by atoms with E-state index in [-0.39, 0.29) is 50.3 Å². The van der Waals surface area contributed by atoms with E-state index in [9.17, 15) is 24.6 Å². The van der Waals surface area contributed by atoms with Crippen LogP contribution in [-0.2, 0) is 42.9 Å². The minimum atomic E-state index is -1.84. The molecule has 0 aliphatic carbocycles. The molecular formula is C46H62N4O11S. The SMILES string of the molecule is CC[C@H]1OC(=O)[C@H](C)C(=O)[C@H](C)[C@@H](O[C@@H]2O[C@H](C)C[C@H](N(C)C)[C@H]2O)[C@@]2(C)C[C@@H](C)C3=NC(=O)C(CC#Cc4ccc(-c5ccccn5)s4)O/N=C(\CO[C@@H]([C@@H]3C)[C@]1(C)O)CO2. The maximum absolute atomic E-state index is 14.5. The van der Waals surface area contributed by atoms with E-state index in [4.69, 9.17) is 33.5 Å². The zero-order valence-corrected chi connectivity index (χ0v) is 38.2. The summed E-state index contributed by atoms with van der Waals surface area (Å²) in [6.07, 6.45) is -4.56. The maximum Gasteiger partial charge on any atom is 0.316 e. The second-order valence-electron chi connectivity index (χ2n) is 17.8. The van der Waals surface area contributed by atoms with Gasteiger partial charge in [0, 0.05) is 29.8 Å². The number of carbonyl (C=O) groups excluding carboxylic acids is 3. The number of thiophene rings is 1. The molecule has 1 amide bonds. The number of oxime groups is 1. The number of pyridine rings is 1. The van der Waals surface area contributed by atoms with E-state index in [1.54, 1.807) is 27.0 Å². The van der Waals surface area contributed by atoms with E-state index in [0.717, 1.165) is 15.4 Å². The number of aliphatic hydroxyl groups is 2. The number of cyclic esters (lactones) is 1. The van der Waals surface area contributed by atoms with Crippen molar-refractivity contribution >= 4 is 40.4 Å². The Labute approximate surface area is 368 Å². The van der Waals surface area contributed by atoms with Gasteiger partial charge in [0.15, 0.2) is 12.1 Å². The van der Waals surface area contributed by atoms with Gasteiger partial charge in [-0.3, -0.25) is 19.4 Å². The minimum Gasteiger partial charge on any atom is -0.459 e. The van der Waals surface area contributed by atoms with E-state index >= 15 is 0 Å². The number of esters is 1. The smallest absolute Gasteiger partial charge is 0.316 e. The summed E-state index contributed by atoms with van der Waals surface area (Å²) in [5.74, 6) is 0.691. The number of aromatic nitrogens is 1. The third kappa shape index (κ3) is 10.4. The van der Waals surface area contributed by atoms with Crippen LogP contribution in [0, 0.1) is 35.5 Å². The number of likely N-dealkylation sites (N-methyl/N-ethyl adjacent to an activating group) is 1. The molecule has 2 aromatic rings. The van der Waals surface area contributed by atoms with E-state index in [1.165, 1.54) is 25.2 Å². The van der Waals surface area contributed by atoms with Crippen molar-refractivity contribution in [1.29, 1.82) is 0 Å². The van der Waals surface area contributed by atoms with E-state index in [1.807, 2.05) is 70.1 Å².